The second-order valence-corrected chi connectivity index (χ2v) is 16.8. The van der Waals surface area contributed by atoms with Gasteiger partial charge in [0, 0.05) is 38.8 Å². The fraction of sp³-hybridized carbons (Fsp3) is 0.0164. The Morgan fingerprint density at radius 2 is 0.825 bits per heavy atom. The summed E-state index contributed by atoms with van der Waals surface area (Å²) in [6.07, 6.45) is 0. The number of hydrogen-bond donors (Lipinski definition) is 0. The molecule has 2 aliphatic rings. The molecule has 0 atom stereocenters. The quantitative estimate of drug-likeness (QED) is 0.172. The van der Waals surface area contributed by atoms with Crippen LogP contribution in [-0.2, 0) is 5.41 Å². The maximum Gasteiger partial charge on any atom is 0.140 e. The molecule has 1 aliphatic heterocycles. The van der Waals surface area contributed by atoms with Crippen LogP contribution in [0.3, 0.4) is 0 Å². The molecule has 13 rings (SSSR count). The van der Waals surface area contributed by atoms with Crippen LogP contribution in [0.4, 0.5) is 17.1 Å². The van der Waals surface area contributed by atoms with Crippen LogP contribution < -0.4 is 9.64 Å². The summed E-state index contributed by atoms with van der Waals surface area (Å²) in [7, 11) is 0. The van der Waals surface area contributed by atoms with E-state index in [0.717, 1.165) is 72.4 Å². The molecule has 0 saturated heterocycles. The highest BCUT2D eigenvalue weighted by Gasteiger charge is 2.52. The predicted octanol–water partition coefficient (Wildman–Crippen LogP) is 16.4. The van der Waals surface area contributed by atoms with Crippen molar-refractivity contribution in [1.82, 2.24) is 0 Å². The van der Waals surface area contributed by atoms with E-state index < -0.39 is 5.41 Å². The number of nitrogens with zero attached hydrogens (tertiary/aromatic N) is 1. The Hall–Kier alpha value is -8.20. The molecule has 1 spiro atoms. The van der Waals surface area contributed by atoms with Crippen LogP contribution in [0.1, 0.15) is 22.3 Å². The van der Waals surface area contributed by atoms with E-state index in [-0.39, 0.29) is 0 Å². The average molecular weight is 802 g/mol. The van der Waals surface area contributed by atoms with Gasteiger partial charge < -0.3 is 9.64 Å². The zero-order chi connectivity index (χ0) is 41.5. The van der Waals surface area contributed by atoms with Crippen LogP contribution >= 0.6 is 0 Å². The zero-order valence-corrected chi connectivity index (χ0v) is 34.4. The van der Waals surface area contributed by atoms with E-state index in [0.29, 0.717) is 0 Å². The topological polar surface area (TPSA) is 12.5 Å². The second-order valence-electron chi connectivity index (χ2n) is 16.8. The standard InChI is InChI=1S/C61H39NO/c1-2-14-40(15-3-1)42-26-32-47(33-27-42)62(48-34-28-41-16-4-5-19-45(41)38-48)58-25-13-11-20-49(58)46-29-35-53-52-23-10-12-24-54(52)61(57(53)39-46)55-36-30-43-17-6-8-21-50(43)59(55)63-60-51-22-9-7-18-44(51)31-37-56(60)61/h1-39H. The fourth-order valence-electron chi connectivity index (χ4n) is 10.7. The minimum absolute atomic E-state index is 0.640. The normalized spacial score (nSPS) is 13.0. The molecular formula is C61H39NO. The number of anilines is 3. The smallest absolute Gasteiger partial charge is 0.140 e. The van der Waals surface area contributed by atoms with E-state index in [1.54, 1.807) is 0 Å². The van der Waals surface area contributed by atoms with Gasteiger partial charge in [-0.2, -0.15) is 0 Å². The average Bonchev–Trinajstić information content (AvgIpc) is 3.64. The van der Waals surface area contributed by atoms with Crippen LogP contribution in [0.5, 0.6) is 11.5 Å². The summed E-state index contributed by atoms with van der Waals surface area (Å²) < 4.78 is 7.24. The molecule has 0 aromatic heterocycles. The number of fused-ring (bicyclic) bond motifs is 14. The number of ether oxygens (including phenoxy) is 1. The van der Waals surface area contributed by atoms with Crippen molar-refractivity contribution in [3.8, 4) is 44.9 Å². The van der Waals surface area contributed by atoms with Gasteiger partial charge in [0.1, 0.15) is 11.5 Å². The number of hydrogen-bond acceptors (Lipinski definition) is 2. The van der Waals surface area contributed by atoms with Crippen LogP contribution in [0.25, 0.3) is 65.7 Å². The van der Waals surface area contributed by atoms with E-state index in [1.165, 1.54) is 44.2 Å². The molecule has 1 aliphatic carbocycles. The number of rotatable bonds is 5. The summed E-state index contributed by atoms with van der Waals surface area (Å²) >= 11 is 0. The Labute approximate surface area is 366 Å². The van der Waals surface area contributed by atoms with Gasteiger partial charge >= 0.3 is 0 Å². The Bertz CT molecular complexity index is 3520. The maximum atomic E-state index is 7.24. The number of benzene rings is 11. The van der Waals surface area contributed by atoms with Crippen molar-refractivity contribution in [3.63, 3.8) is 0 Å². The van der Waals surface area contributed by atoms with Crippen molar-refractivity contribution in [1.29, 1.82) is 0 Å². The molecule has 0 N–H and O–H groups in total. The van der Waals surface area contributed by atoms with E-state index in [2.05, 4.69) is 241 Å². The minimum atomic E-state index is -0.640. The summed E-state index contributed by atoms with van der Waals surface area (Å²) in [5.41, 5.74) is 14.7. The van der Waals surface area contributed by atoms with Crippen molar-refractivity contribution in [2.24, 2.45) is 0 Å². The Morgan fingerprint density at radius 1 is 0.302 bits per heavy atom. The lowest BCUT2D eigenvalue weighted by Gasteiger charge is -2.40. The molecule has 11 aromatic carbocycles. The largest absolute Gasteiger partial charge is 0.455 e. The minimum Gasteiger partial charge on any atom is -0.455 e. The molecule has 11 aromatic rings. The van der Waals surface area contributed by atoms with E-state index in [1.807, 2.05) is 0 Å². The molecular weight excluding hydrogens is 763 g/mol. The predicted molar refractivity (Wildman–Crippen MR) is 262 cm³/mol. The van der Waals surface area contributed by atoms with Gasteiger partial charge in [0.2, 0.25) is 0 Å². The first-order valence-corrected chi connectivity index (χ1v) is 21.7. The lowest BCUT2D eigenvalue weighted by Crippen LogP contribution is -2.32. The molecule has 0 amide bonds. The second kappa shape index (κ2) is 13.9. The molecule has 0 saturated carbocycles. The van der Waals surface area contributed by atoms with E-state index >= 15 is 0 Å². The van der Waals surface area contributed by atoms with Crippen molar-refractivity contribution in [3.05, 3.63) is 259 Å². The van der Waals surface area contributed by atoms with Crippen LogP contribution in [0.15, 0.2) is 237 Å². The van der Waals surface area contributed by atoms with Gasteiger partial charge in [-0.3, -0.25) is 0 Å². The molecule has 294 valence electrons. The maximum absolute atomic E-state index is 7.24. The molecule has 0 bridgehead atoms. The highest BCUT2D eigenvalue weighted by atomic mass is 16.5. The highest BCUT2D eigenvalue weighted by molar-refractivity contribution is 6.01. The van der Waals surface area contributed by atoms with Gasteiger partial charge in [0.25, 0.3) is 0 Å². The molecule has 1 heterocycles. The third-order valence-corrected chi connectivity index (χ3v) is 13.5. The van der Waals surface area contributed by atoms with E-state index in [9.17, 15) is 0 Å². The third kappa shape index (κ3) is 5.32. The van der Waals surface area contributed by atoms with Crippen LogP contribution in [-0.4, -0.2) is 0 Å². The molecule has 0 fully saturated rings. The molecule has 0 unspecified atom stereocenters. The van der Waals surface area contributed by atoms with Gasteiger partial charge in [-0.1, -0.05) is 200 Å². The number of para-hydroxylation sites is 1. The van der Waals surface area contributed by atoms with Crippen LogP contribution in [0.2, 0.25) is 0 Å². The molecule has 2 nitrogen and oxygen atoms in total. The van der Waals surface area contributed by atoms with Crippen molar-refractivity contribution in [2.45, 2.75) is 5.41 Å². The Kier molecular flexibility index (Phi) is 7.85. The summed E-state index contributed by atoms with van der Waals surface area (Å²) in [4.78, 5) is 2.42. The zero-order valence-electron chi connectivity index (χ0n) is 34.4. The summed E-state index contributed by atoms with van der Waals surface area (Å²) in [5.74, 6) is 1.85. The monoisotopic (exact) mass is 801 g/mol. The molecule has 0 radical (unpaired) electrons. The van der Waals surface area contributed by atoms with Gasteiger partial charge in [-0.25, -0.2) is 0 Å². The van der Waals surface area contributed by atoms with Gasteiger partial charge in [-0.05, 0) is 96.9 Å². The highest BCUT2D eigenvalue weighted by Crippen LogP contribution is 2.64. The lowest BCUT2D eigenvalue weighted by atomic mass is 9.65. The first-order valence-electron chi connectivity index (χ1n) is 21.7. The van der Waals surface area contributed by atoms with Crippen molar-refractivity contribution in [2.75, 3.05) is 4.90 Å². The summed E-state index contributed by atoms with van der Waals surface area (Å²) in [6, 6.07) is 86.6. The van der Waals surface area contributed by atoms with E-state index in [4.69, 9.17) is 4.74 Å². The summed E-state index contributed by atoms with van der Waals surface area (Å²) in [5, 5.41) is 6.97. The van der Waals surface area contributed by atoms with Gasteiger partial charge in [-0.15, -0.1) is 0 Å². The Morgan fingerprint density at radius 3 is 1.56 bits per heavy atom. The van der Waals surface area contributed by atoms with Gasteiger partial charge in [0.15, 0.2) is 0 Å². The SMILES string of the molecule is c1ccc(-c2ccc(N(c3ccc4ccccc4c3)c3ccccc3-c3ccc4c(c3)C3(c5ccccc5-4)c4ccc5ccccc5c4Oc4c3ccc3ccccc43)cc2)cc1. The lowest BCUT2D eigenvalue weighted by molar-refractivity contribution is 0.447. The third-order valence-electron chi connectivity index (χ3n) is 13.5. The Balaban J connectivity index is 1.06. The fourth-order valence-corrected chi connectivity index (χ4v) is 10.7. The first-order chi connectivity index (χ1) is 31.2. The van der Waals surface area contributed by atoms with Gasteiger partial charge in [0.05, 0.1) is 11.1 Å². The first kappa shape index (κ1) is 35.5. The van der Waals surface area contributed by atoms with Crippen molar-refractivity contribution >= 4 is 49.4 Å². The molecule has 2 heteroatoms. The summed E-state index contributed by atoms with van der Waals surface area (Å²) in [6.45, 7) is 0. The molecule has 63 heavy (non-hydrogen) atoms. The van der Waals surface area contributed by atoms with Crippen LogP contribution in [0, 0.1) is 0 Å². The van der Waals surface area contributed by atoms with Crippen molar-refractivity contribution < 1.29 is 4.74 Å².